The van der Waals surface area contributed by atoms with Gasteiger partial charge >= 0.3 is 5.97 Å². The van der Waals surface area contributed by atoms with Gasteiger partial charge in [0.15, 0.2) is 5.82 Å². The molecule has 1 aromatic heterocycles. The van der Waals surface area contributed by atoms with Crippen molar-refractivity contribution in [3.8, 4) is 0 Å². The maximum atomic E-state index is 11.3. The lowest BCUT2D eigenvalue weighted by Gasteiger charge is -2.24. The summed E-state index contributed by atoms with van der Waals surface area (Å²) in [5.41, 5.74) is 0. The number of esters is 1. The van der Waals surface area contributed by atoms with Crippen molar-refractivity contribution >= 4 is 5.97 Å². The van der Waals surface area contributed by atoms with Gasteiger partial charge in [-0.25, -0.2) is 0 Å². The van der Waals surface area contributed by atoms with Gasteiger partial charge in [-0.1, -0.05) is 12.1 Å². The molecule has 6 heteroatoms. The molecule has 17 heavy (non-hydrogen) atoms. The van der Waals surface area contributed by atoms with Gasteiger partial charge in [0.1, 0.15) is 0 Å². The van der Waals surface area contributed by atoms with E-state index in [-0.39, 0.29) is 17.9 Å². The van der Waals surface area contributed by atoms with Gasteiger partial charge in [-0.2, -0.15) is 4.98 Å². The van der Waals surface area contributed by atoms with Crippen LogP contribution in [0.15, 0.2) is 4.52 Å². The highest BCUT2D eigenvalue weighted by Crippen LogP contribution is 2.16. The Hall–Kier alpha value is -1.43. The number of hydrogen-bond acceptors (Lipinski definition) is 6. The molecule has 0 saturated heterocycles. The molecular weight excluding hydrogens is 222 g/mol. The zero-order chi connectivity index (χ0) is 13.0. The fraction of sp³-hybridized carbons (Fsp3) is 0.727. The first-order valence-electron chi connectivity index (χ1n) is 5.54. The van der Waals surface area contributed by atoms with Crippen molar-refractivity contribution in [2.24, 2.45) is 5.92 Å². The number of aryl methyl sites for hydroxylation is 1. The maximum Gasteiger partial charge on any atom is 0.309 e. The Morgan fingerprint density at radius 1 is 1.53 bits per heavy atom. The number of aromatic nitrogens is 2. The second kappa shape index (κ2) is 5.77. The lowest BCUT2D eigenvalue weighted by atomic mass is 10.1. The SMILES string of the molecule is COC(=O)C(C)CN(C)C(C)c1noc(C)n1. The summed E-state index contributed by atoms with van der Waals surface area (Å²) in [5, 5.41) is 3.87. The van der Waals surface area contributed by atoms with Crippen molar-refractivity contribution in [2.75, 3.05) is 20.7 Å². The van der Waals surface area contributed by atoms with E-state index in [2.05, 4.69) is 14.9 Å². The van der Waals surface area contributed by atoms with Gasteiger partial charge in [-0.3, -0.25) is 9.69 Å². The highest BCUT2D eigenvalue weighted by atomic mass is 16.5. The number of methoxy groups -OCH3 is 1. The third-order valence-electron chi connectivity index (χ3n) is 2.74. The third kappa shape index (κ3) is 3.52. The number of nitrogens with zero attached hydrogens (tertiary/aromatic N) is 3. The molecule has 6 nitrogen and oxygen atoms in total. The molecule has 1 heterocycles. The molecule has 1 rings (SSSR count). The van der Waals surface area contributed by atoms with E-state index in [0.717, 1.165) is 0 Å². The Morgan fingerprint density at radius 2 is 2.18 bits per heavy atom. The monoisotopic (exact) mass is 241 g/mol. The summed E-state index contributed by atoms with van der Waals surface area (Å²) in [5.74, 6) is 0.775. The van der Waals surface area contributed by atoms with Crippen molar-refractivity contribution in [3.05, 3.63) is 11.7 Å². The molecule has 0 spiro atoms. The van der Waals surface area contributed by atoms with Crippen molar-refractivity contribution in [1.82, 2.24) is 15.0 Å². The molecule has 0 radical (unpaired) electrons. The van der Waals surface area contributed by atoms with Crippen LogP contribution in [-0.4, -0.2) is 41.7 Å². The molecule has 0 amide bonds. The first kappa shape index (κ1) is 13.6. The van der Waals surface area contributed by atoms with E-state index in [9.17, 15) is 4.79 Å². The van der Waals surface area contributed by atoms with Crippen LogP contribution in [0.3, 0.4) is 0 Å². The minimum Gasteiger partial charge on any atom is -0.469 e. The number of carbonyl (C=O) groups is 1. The van der Waals surface area contributed by atoms with Crippen LogP contribution in [0.4, 0.5) is 0 Å². The van der Waals surface area contributed by atoms with E-state index in [0.29, 0.717) is 18.3 Å². The molecule has 96 valence electrons. The predicted octanol–water partition coefficient (Wildman–Crippen LogP) is 1.18. The van der Waals surface area contributed by atoms with Gasteiger partial charge in [-0.05, 0) is 14.0 Å². The fourth-order valence-corrected chi connectivity index (χ4v) is 1.55. The van der Waals surface area contributed by atoms with Gasteiger partial charge < -0.3 is 9.26 Å². The zero-order valence-corrected chi connectivity index (χ0v) is 10.9. The van der Waals surface area contributed by atoms with E-state index >= 15 is 0 Å². The summed E-state index contributed by atoms with van der Waals surface area (Å²) in [7, 11) is 3.31. The molecule has 0 aliphatic carbocycles. The van der Waals surface area contributed by atoms with E-state index in [1.54, 1.807) is 6.92 Å². The van der Waals surface area contributed by atoms with Gasteiger partial charge in [0.05, 0.1) is 19.1 Å². The molecule has 2 atom stereocenters. The van der Waals surface area contributed by atoms with E-state index in [4.69, 9.17) is 4.52 Å². The third-order valence-corrected chi connectivity index (χ3v) is 2.74. The smallest absolute Gasteiger partial charge is 0.309 e. The van der Waals surface area contributed by atoms with Crippen molar-refractivity contribution in [1.29, 1.82) is 0 Å². The summed E-state index contributed by atoms with van der Waals surface area (Å²) in [6.45, 7) is 6.13. The van der Waals surface area contributed by atoms with Crippen LogP contribution in [0.1, 0.15) is 31.6 Å². The Morgan fingerprint density at radius 3 is 2.65 bits per heavy atom. The van der Waals surface area contributed by atoms with Crippen LogP contribution in [0.25, 0.3) is 0 Å². The van der Waals surface area contributed by atoms with Gasteiger partial charge in [0.2, 0.25) is 5.89 Å². The molecule has 0 aliphatic heterocycles. The molecule has 0 saturated carbocycles. The Balaban J connectivity index is 2.58. The normalized spacial score (nSPS) is 14.7. The lowest BCUT2D eigenvalue weighted by molar-refractivity contribution is -0.145. The number of carbonyl (C=O) groups excluding carboxylic acids is 1. The Bertz CT molecular complexity index is 378. The highest BCUT2D eigenvalue weighted by Gasteiger charge is 2.22. The zero-order valence-electron chi connectivity index (χ0n) is 10.9. The van der Waals surface area contributed by atoms with Crippen LogP contribution in [-0.2, 0) is 9.53 Å². The van der Waals surface area contributed by atoms with Crippen molar-refractivity contribution < 1.29 is 14.1 Å². The molecule has 2 unspecified atom stereocenters. The Labute approximate surface area is 101 Å². The van der Waals surface area contributed by atoms with Crippen LogP contribution in [0.2, 0.25) is 0 Å². The fourth-order valence-electron chi connectivity index (χ4n) is 1.55. The quantitative estimate of drug-likeness (QED) is 0.721. The largest absolute Gasteiger partial charge is 0.469 e. The lowest BCUT2D eigenvalue weighted by Crippen LogP contribution is -2.31. The molecular formula is C11H19N3O3. The number of ether oxygens (including phenoxy) is 1. The van der Waals surface area contributed by atoms with E-state index in [1.807, 2.05) is 25.8 Å². The molecule has 0 aromatic carbocycles. The van der Waals surface area contributed by atoms with Gasteiger partial charge in [0, 0.05) is 13.5 Å². The van der Waals surface area contributed by atoms with E-state index in [1.165, 1.54) is 7.11 Å². The second-order valence-corrected chi connectivity index (χ2v) is 4.21. The van der Waals surface area contributed by atoms with Crippen LogP contribution < -0.4 is 0 Å². The first-order valence-corrected chi connectivity index (χ1v) is 5.54. The number of hydrogen-bond donors (Lipinski definition) is 0. The summed E-state index contributed by atoms with van der Waals surface area (Å²) in [6, 6.07) is -0.000411. The molecule has 1 aromatic rings. The molecule has 0 N–H and O–H groups in total. The Kier molecular flexibility index (Phi) is 4.62. The van der Waals surface area contributed by atoms with Gasteiger partial charge in [0.25, 0.3) is 0 Å². The second-order valence-electron chi connectivity index (χ2n) is 4.21. The van der Waals surface area contributed by atoms with Crippen molar-refractivity contribution in [2.45, 2.75) is 26.8 Å². The highest BCUT2D eigenvalue weighted by molar-refractivity contribution is 5.72. The molecule has 0 fully saturated rings. The molecule has 0 bridgehead atoms. The minimum atomic E-state index is -0.214. The first-order chi connectivity index (χ1) is 7.95. The summed E-state index contributed by atoms with van der Waals surface area (Å²) in [4.78, 5) is 17.5. The van der Waals surface area contributed by atoms with Crippen LogP contribution in [0, 0.1) is 12.8 Å². The predicted molar refractivity (Wildman–Crippen MR) is 61.3 cm³/mol. The summed E-state index contributed by atoms with van der Waals surface area (Å²) < 4.78 is 9.62. The van der Waals surface area contributed by atoms with E-state index < -0.39 is 0 Å². The average molecular weight is 241 g/mol. The maximum absolute atomic E-state index is 11.3. The summed E-state index contributed by atoms with van der Waals surface area (Å²) in [6.07, 6.45) is 0. The molecule has 0 aliphatic rings. The topological polar surface area (TPSA) is 68.5 Å². The van der Waals surface area contributed by atoms with Crippen LogP contribution in [0.5, 0.6) is 0 Å². The van der Waals surface area contributed by atoms with Gasteiger partial charge in [-0.15, -0.1) is 0 Å². The standard InChI is InChI=1S/C11H19N3O3/c1-7(11(15)16-5)6-14(4)8(2)10-12-9(3)17-13-10/h7-8H,6H2,1-5H3. The number of rotatable bonds is 5. The summed E-state index contributed by atoms with van der Waals surface area (Å²) >= 11 is 0. The minimum absolute atomic E-state index is 0.000411. The van der Waals surface area contributed by atoms with Crippen molar-refractivity contribution in [3.63, 3.8) is 0 Å². The van der Waals surface area contributed by atoms with Crippen LogP contribution >= 0.6 is 0 Å². The average Bonchev–Trinajstić information content (AvgIpc) is 2.73.